The maximum Gasteiger partial charge on any atom is 0.416 e. The summed E-state index contributed by atoms with van der Waals surface area (Å²) in [5, 5.41) is 12.3. The third-order valence-electron chi connectivity index (χ3n) is 6.41. The van der Waals surface area contributed by atoms with Crippen molar-refractivity contribution in [2.24, 2.45) is 0 Å². The minimum absolute atomic E-state index is 0.102. The molecule has 1 amide bonds. The van der Waals surface area contributed by atoms with Crippen LogP contribution in [0.1, 0.15) is 21.5 Å². The van der Waals surface area contributed by atoms with E-state index in [1.54, 1.807) is 12.1 Å². The number of hydrogen-bond acceptors (Lipinski definition) is 3. The number of nitrogens with one attached hydrogen (secondary N) is 1. The monoisotopic (exact) mass is 532 g/mol. The summed E-state index contributed by atoms with van der Waals surface area (Å²) in [5.41, 5.74) is 4.58. The highest BCUT2D eigenvalue weighted by atomic mass is 19.4. The minimum Gasteiger partial charge on any atom is -0.480 e. The Labute approximate surface area is 224 Å². The van der Waals surface area contributed by atoms with E-state index in [4.69, 9.17) is 0 Å². The van der Waals surface area contributed by atoms with Gasteiger partial charge in [-0.3, -0.25) is 4.79 Å². The molecule has 0 unspecified atom stereocenters. The smallest absolute Gasteiger partial charge is 0.416 e. The number of carbonyl (C=O) groups excluding carboxylic acids is 1. The molecule has 0 fully saturated rings. The maximum absolute atomic E-state index is 12.8. The van der Waals surface area contributed by atoms with Gasteiger partial charge < -0.3 is 15.3 Å². The van der Waals surface area contributed by atoms with Crippen molar-refractivity contribution >= 4 is 17.6 Å². The van der Waals surface area contributed by atoms with Crippen LogP contribution in [0.15, 0.2) is 97.1 Å². The Kier molecular flexibility index (Phi) is 8.04. The number of carboxylic acids is 1. The van der Waals surface area contributed by atoms with Gasteiger partial charge in [-0.2, -0.15) is 13.2 Å². The van der Waals surface area contributed by atoms with E-state index in [2.05, 4.69) is 5.32 Å². The fourth-order valence-corrected chi connectivity index (χ4v) is 4.13. The van der Waals surface area contributed by atoms with Crippen LogP contribution in [0.2, 0.25) is 0 Å². The summed E-state index contributed by atoms with van der Waals surface area (Å²) in [5.74, 6) is -1.72. The topological polar surface area (TPSA) is 69.6 Å². The second kappa shape index (κ2) is 11.4. The zero-order chi connectivity index (χ0) is 28.2. The lowest BCUT2D eigenvalue weighted by Crippen LogP contribution is -2.42. The van der Waals surface area contributed by atoms with Crippen LogP contribution >= 0.6 is 0 Å². The highest BCUT2D eigenvalue weighted by molar-refractivity contribution is 5.97. The number of aliphatic carboxylic acids is 1. The van der Waals surface area contributed by atoms with E-state index in [1.807, 2.05) is 67.5 Å². The van der Waals surface area contributed by atoms with E-state index in [-0.39, 0.29) is 12.0 Å². The number of hydrogen-bond donors (Lipinski definition) is 2. The maximum atomic E-state index is 12.8. The summed E-state index contributed by atoms with van der Waals surface area (Å²) in [7, 11) is 3.94. The van der Waals surface area contributed by atoms with Gasteiger partial charge in [-0.25, -0.2) is 4.79 Å². The first-order valence-corrected chi connectivity index (χ1v) is 12.2. The molecule has 4 aromatic carbocycles. The third-order valence-corrected chi connectivity index (χ3v) is 6.41. The summed E-state index contributed by atoms with van der Waals surface area (Å²) in [6.45, 7) is 0. The molecule has 0 aliphatic carbocycles. The van der Waals surface area contributed by atoms with Gasteiger partial charge >= 0.3 is 12.1 Å². The fourth-order valence-electron chi connectivity index (χ4n) is 4.13. The lowest BCUT2D eigenvalue weighted by molar-refractivity contribution is -0.139. The summed E-state index contributed by atoms with van der Waals surface area (Å²) >= 11 is 0. The Balaban J connectivity index is 1.40. The molecule has 2 N–H and O–H groups in total. The van der Waals surface area contributed by atoms with Gasteiger partial charge in [0.25, 0.3) is 5.91 Å². The molecule has 0 radical (unpaired) electrons. The van der Waals surface area contributed by atoms with Crippen molar-refractivity contribution in [3.8, 4) is 22.3 Å². The molecule has 0 saturated heterocycles. The van der Waals surface area contributed by atoms with Crippen LogP contribution in [0.25, 0.3) is 22.3 Å². The molecule has 0 bridgehead atoms. The molecule has 4 aromatic rings. The highest BCUT2D eigenvalue weighted by Gasteiger charge is 2.30. The Morgan fingerprint density at radius 2 is 1.18 bits per heavy atom. The average Bonchev–Trinajstić information content (AvgIpc) is 2.92. The van der Waals surface area contributed by atoms with Crippen LogP contribution in [-0.2, 0) is 17.4 Å². The van der Waals surface area contributed by atoms with Crippen LogP contribution in [0.5, 0.6) is 0 Å². The van der Waals surface area contributed by atoms with E-state index >= 15 is 0 Å². The number of benzene rings is 4. The largest absolute Gasteiger partial charge is 0.480 e. The number of anilines is 1. The molecule has 200 valence electrons. The molecule has 0 saturated carbocycles. The summed E-state index contributed by atoms with van der Waals surface area (Å²) in [4.78, 5) is 26.7. The molecule has 0 aliphatic heterocycles. The van der Waals surface area contributed by atoms with E-state index in [0.717, 1.165) is 34.5 Å². The number of amides is 1. The van der Waals surface area contributed by atoms with E-state index in [9.17, 15) is 27.9 Å². The molecule has 0 aliphatic rings. The molecule has 0 spiro atoms. The predicted molar refractivity (Wildman–Crippen MR) is 146 cm³/mol. The second-order valence-electron chi connectivity index (χ2n) is 9.36. The summed E-state index contributed by atoms with van der Waals surface area (Å²) in [6.07, 6.45) is -4.31. The number of rotatable bonds is 8. The first-order valence-electron chi connectivity index (χ1n) is 12.2. The lowest BCUT2D eigenvalue weighted by Gasteiger charge is -2.16. The highest BCUT2D eigenvalue weighted by Crippen LogP contribution is 2.31. The van der Waals surface area contributed by atoms with E-state index in [1.165, 1.54) is 24.3 Å². The van der Waals surface area contributed by atoms with Crippen molar-refractivity contribution in [1.29, 1.82) is 0 Å². The quantitative estimate of drug-likeness (QED) is 0.271. The standard InChI is InChI=1S/C31H27F3N2O3/c1-36(2)27-17-13-24(14-18-27)21-5-3-20(4-6-21)19-28(30(38)39)35-29(37)25-9-7-22(8-10-25)23-11-15-26(16-12-23)31(32,33)34/h3-18,28H,19H2,1-2H3,(H,35,37)(H,38,39)/t28-/m0/s1. The lowest BCUT2D eigenvalue weighted by atomic mass is 10.00. The molecule has 8 heteroatoms. The Hall–Kier alpha value is -4.59. The molecule has 4 rings (SSSR count). The van der Waals surface area contributed by atoms with Gasteiger partial charge in [0.2, 0.25) is 0 Å². The molecular formula is C31H27F3N2O3. The number of alkyl halides is 3. The van der Waals surface area contributed by atoms with Crippen LogP contribution in [0, 0.1) is 0 Å². The van der Waals surface area contributed by atoms with Gasteiger partial charge in [0.05, 0.1) is 5.56 Å². The second-order valence-corrected chi connectivity index (χ2v) is 9.36. The van der Waals surface area contributed by atoms with Gasteiger partial charge in [0.1, 0.15) is 6.04 Å². The van der Waals surface area contributed by atoms with Crippen LogP contribution in [0.4, 0.5) is 18.9 Å². The zero-order valence-electron chi connectivity index (χ0n) is 21.4. The SMILES string of the molecule is CN(C)c1ccc(-c2ccc(C[C@H](NC(=O)c3ccc(-c4ccc(C(F)(F)F)cc4)cc3)C(=O)O)cc2)cc1. The Bertz CT molecular complexity index is 1430. The van der Waals surface area contributed by atoms with Gasteiger partial charge in [-0.15, -0.1) is 0 Å². The normalized spacial score (nSPS) is 12.0. The number of halogens is 3. The fraction of sp³-hybridized carbons (Fsp3) is 0.161. The third kappa shape index (κ3) is 6.84. The Morgan fingerprint density at radius 1 is 0.744 bits per heavy atom. The summed E-state index contributed by atoms with van der Waals surface area (Å²) in [6, 6.07) is 25.4. The number of carboxylic acid groups (broad SMARTS) is 1. The molecule has 5 nitrogen and oxygen atoms in total. The molecule has 0 aromatic heterocycles. The van der Waals surface area contributed by atoms with Crippen molar-refractivity contribution in [2.75, 3.05) is 19.0 Å². The number of carbonyl (C=O) groups is 2. The van der Waals surface area contributed by atoms with Gasteiger partial charge in [-0.05, 0) is 64.2 Å². The Morgan fingerprint density at radius 3 is 1.62 bits per heavy atom. The minimum atomic E-state index is -4.42. The van der Waals surface area contributed by atoms with Crippen LogP contribution in [0.3, 0.4) is 0 Å². The zero-order valence-corrected chi connectivity index (χ0v) is 21.4. The first kappa shape index (κ1) is 27.4. The summed E-state index contributed by atoms with van der Waals surface area (Å²) < 4.78 is 38.4. The molecular weight excluding hydrogens is 505 g/mol. The average molecular weight is 533 g/mol. The van der Waals surface area contributed by atoms with Gasteiger partial charge in [0.15, 0.2) is 0 Å². The molecule has 0 heterocycles. The van der Waals surface area contributed by atoms with Crippen LogP contribution in [-0.4, -0.2) is 37.1 Å². The predicted octanol–water partition coefficient (Wildman–Crippen LogP) is 6.53. The van der Waals surface area contributed by atoms with Crippen molar-refractivity contribution in [1.82, 2.24) is 5.32 Å². The van der Waals surface area contributed by atoms with E-state index in [0.29, 0.717) is 11.1 Å². The van der Waals surface area contributed by atoms with E-state index < -0.39 is 29.7 Å². The van der Waals surface area contributed by atoms with Crippen molar-refractivity contribution < 1.29 is 27.9 Å². The van der Waals surface area contributed by atoms with Gasteiger partial charge in [-0.1, -0.05) is 60.7 Å². The van der Waals surface area contributed by atoms with Crippen molar-refractivity contribution in [2.45, 2.75) is 18.6 Å². The first-order chi connectivity index (χ1) is 18.5. The number of nitrogens with zero attached hydrogens (tertiary/aromatic N) is 1. The molecule has 39 heavy (non-hydrogen) atoms. The molecule has 1 atom stereocenters. The van der Waals surface area contributed by atoms with Gasteiger partial charge in [0, 0.05) is 31.8 Å². The van der Waals surface area contributed by atoms with Crippen LogP contribution < -0.4 is 10.2 Å². The van der Waals surface area contributed by atoms with Crippen molar-refractivity contribution in [3.05, 3.63) is 114 Å². The van der Waals surface area contributed by atoms with Crippen molar-refractivity contribution in [3.63, 3.8) is 0 Å².